The highest BCUT2D eigenvalue weighted by molar-refractivity contribution is 7.21. The van der Waals surface area contributed by atoms with Crippen LogP contribution in [0.2, 0.25) is 0 Å². The van der Waals surface area contributed by atoms with Crippen molar-refractivity contribution in [2.45, 2.75) is 0 Å². The van der Waals surface area contributed by atoms with Crippen molar-refractivity contribution < 1.29 is 9.47 Å². The van der Waals surface area contributed by atoms with Crippen molar-refractivity contribution in [1.29, 1.82) is 0 Å². The molecule has 3 aromatic carbocycles. The fourth-order valence-corrected chi connectivity index (χ4v) is 3.81. The van der Waals surface area contributed by atoms with Crippen LogP contribution in [0.1, 0.15) is 0 Å². The first-order valence-corrected chi connectivity index (χ1v) is 8.78. The topological polar surface area (TPSA) is 31.4 Å². The molecular formula is C21H17NO2S. The lowest BCUT2D eigenvalue weighted by molar-refractivity contribution is 0.355. The minimum absolute atomic E-state index is 0.727. The zero-order valence-electron chi connectivity index (χ0n) is 14.0. The Hall–Kier alpha value is -2.85. The quantitative estimate of drug-likeness (QED) is 0.478. The van der Waals surface area contributed by atoms with Gasteiger partial charge in [0.05, 0.1) is 24.4 Å². The Bertz CT molecular complexity index is 1010. The van der Waals surface area contributed by atoms with Gasteiger partial charge in [0.25, 0.3) is 0 Å². The number of hydrogen-bond acceptors (Lipinski definition) is 4. The highest BCUT2D eigenvalue weighted by atomic mass is 32.1. The molecule has 0 atom stereocenters. The average molecular weight is 347 g/mol. The Morgan fingerprint density at radius 1 is 0.720 bits per heavy atom. The number of para-hydroxylation sites is 1. The summed E-state index contributed by atoms with van der Waals surface area (Å²) in [6.45, 7) is 0. The molecule has 0 radical (unpaired) electrons. The SMILES string of the molecule is COc1ccc(-c2cccc(-c3nc4ccccc4s3)c2)cc1OC. The van der Waals surface area contributed by atoms with Crippen LogP contribution in [0.15, 0.2) is 66.7 Å². The molecule has 0 aliphatic heterocycles. The molecule has 0 aliphatic rings. The smallest absolute Gasteiger partial charge is 0.161 e. The van der Waals surface area contributed by atoms with Crippen LogP contribution >= 0.6 is 11.3 Å². The van der Waals surface area contributed by atoms with Gasteiger partial charge in [-0.25, -0.2) is 4.98 Å². The molecule has 0 saturated heterocycles. The molecule has 1 heterocycles. The van der Waals surface area contributed by atoms with E-state index in [1.165, 1.54) is 4.70 Å². The molecule has 0 aliphatic carbocycles. The summed E-state index contributed by atoms with van der Waals surface area (Å²) in [4.78, 5) is 4.75. The van der Waals surface area contributed by atoms with Gasteiger partial charge in [-0.1, -0.05) is 36.4 Å². The lowest BCUT2D eigenvalue weighted by atomic mass is 10.0. The van der Waals surface area contributed by atoms with Crippen LogP contribution in [0.5, 0.6) is 11.5 Å². The van der Waals surface area contributed by atoms with Gasteiger partial charge >= 0.3 is 0 Å². The van der Waals surface area contributed by atoms with Crippen LogP contribution in [0.3, 0.4) is 0 Å². The van der Waals surface area contributed by atoms with Gasteiger partial charge in [0.1, 0.15) is 5.01 Å². The standard InChI is InChI=1S/C21H17NO2S/c1-23-18-11-10-15(13-19(18)24-2)14-6-5-7-16(12-14)21-22-17-8-3-4-9-20(17)25-21/h3-13H,1-2H3. The zero-order valence-corrected chi connectivity index (χ0v) is 14.8. The van der Waals surface area contributed by atoms with Crippen LogP contribution in [0.4, 0.5) is 0 Å². The van der Waals surface area contributed by atoms with E-state index in [2.05, 4.69) is 30.3 Å². The Morgan fingerprint density at radius 3 is 2.28 bits per heavy atom. The summed E-state index contributed by atoms with van der Waals surface area (Å²) in [5.74, 6) is 1.46. The van der Waals surface area contributed by atoms with Crippen LogP contribution in [0, 0.1) is 0 Å². The minimum Gasteiger partial charge on any atom is -0.493 e. The van der Waals surface area contributed by atoms with Crippen molar-refractivity contribution in [2.75, 3.05) is 14.2 Å². The van der Waals surface area contributed by atoms with E-state index < -0.39 is 0 Å². The van der Waals surface area contributed by atoms with Gasteiger partial charge in [-0.2, -0.15) is 0 Å². The summed E-state index contributed by atoms with van der Waals surface area (Å²) in [6.07, 6.45) is 0. The maximum atomic E-state index is 5.42. The van der Waals surface area contributed by atoms with Crippen molar-refractivity contribution in [3.05, 3.63) is 66.7 Å². The molecular weight excluding hydrogens is 330 g/mol. The van der Waals surface area contributed by atoms with Crippen molar-refractivity contribution in [3.63, 3.8) is 0 Å². The third kappa shape index (κ3) is 2.96. The molecule has 0 spiro atoms. The monoisotopic (exact) mass is 347 g/mol. The number of ether oxygens (including phenoxy) is 2. The molecule has 0 bridgehead atoms. The second kappa shape index (κ2) is 6.57. The number of thiazole rings is 1. The summed E-state index contributed by atoms with van der Waals surface area (Å²) in [5.41, 5.74) is 4.37. The van der Waals surface area contributed by atoms with E-state index in [9.17, 15) is 0 Å². The summed E-state index contributed by atoms with van der Waals surface area (Å²) in [6, 6.07) is 22.6. The number of fused-ring (bicyclic) bond motifs is 1. The number of rotatable bonds is 4. The molecule has 3 nitrogen and oxygen atoms in total. The molecule has 0 N–H and O–H groups in total. The number of methoxy groups -OCH3 is 2. The van der Waals surface area contributed by atoms with E-state index in [1.807, 2.05) is 36.4 Å². The fraction of sp³-hybridized carbons (Fsp3) is 0.0952. The first-order valence-electron chi connectivity index (χ1n) is 7.97. The van der Waals surface area contributed by atoms with E-state index in [1.54, 1.807) is 25.6 Å². The van der Waals surface area contributed by atoms with Crippen LogP contribution in [-0.4, -0.2) is 19.2 Å². The minimum atomic E-state index is 0.727. The molecule has 25 heavy (non-hydrogen) atoms. The van der Waals surface area contributed by atoms with Gasteiger partial charge in [0, 0.05) is 5.56 Å². The highest BCUT2D eigenvalue weighted by Crippen LogP contribution is 2.35. The predicted molar refractivity (Wildman–Crippen MR) is 104 cm³/mol. The molecule has 4 aromatic rings. The van der Waals surface area contributed by atoms with Crippen LogP contribution < -0.4 is 9.47 Å². The van der Waals surface area contributed by atoms with E-state index in [0.29, 0.717) is 0 Å². The first kappa shape index (κ1) is 15.7. The van der Waals surface area contributed by atoms with Crippen molar-refractivity contribution in [3.8, 4) is 33.2 Å². The maximum absolute atomic E-state index is 5.42. The van der Waals surface area contributed by atoms with E-state index in [4.69, 9.17) is 14.5 Å². The third-order valence-corrected chi connectivity index (χ3v) is 5.21. The number of nitrogens with zero attached hydrogens (tertiary/aromatic N) is 1. The molecule has 0 saturated carbocycles. The molecule has 1 aromatic heterocycles. The highest BCUT2D eigenvalue weighted by Gasteiger charge is 2.09. The predicted octanol–water partition coefficient (Wildman–Crippen LogP) is 5.65. The largest absolute Gasteiger partial charge is 0.493 e. The van der Waals surface area contributed by atoms with Gasteiger partial charge in [-0.05, 0) is 41.5 Å². The number of aromatic nitrogens is 1. The Balaban J connectivity index is 1.76. The first-order chi connectivity index (χ1) is 12.3. The molecule has 4 rings (SSSR count). The van der Waals surface area contributed by atoms with Gasteiger partial charge < -0.3 is 9.47 Å². The second-order valence-corrected chi connectivity index (χ2v) is 6.67. The van der Waals surface area contributed by atoms with Crippen LogP contribution in [0.25, 0.3) is 31.9 Å². The average Bonchev–Trinajstić information content (AvgIpc) is 3.12. The molecule has 124 valence electrons. The van der Waals surface area contributed by atoms with Crippen molar-refractivity contribution >= 4 is 21.6 Å². The van der Waals surface area contributed by atoms with Crippen LogP contribution in [-0.2, 0) is 0 Å². The second-order valence-electron chi connectivity index (χ2n) is 5.64. The maximum Gasteiger partial charge on any atom is 0.161 e. The summed E-state index contributed by atoms with van der Waals surface area (Å²) in [5, 5.41) is 1.03. The molecule has 0 amide bonds. The zero-order chi connectivity index (χ0) is 17.2. The lowest BCUT2D eigenvalue weighted by Gasteiger charge is -2.10. The molecule has 4 heteroatoms. The van der Waals surface area contributed by atoms with Gasteiger partial charge in [-0.3, -0.25) is 0 Å². The van der Waals surface area contributed by atoms with Gasteiger partial charge in [0.15, 0.2) is 11.5 Å². The van der Waals surface area contributed by atoms with E-state index >= 15 is 0 Å². The lowest BCUT2D eigenvalue weighted by Crippen LogP contribution is -1.91. The number of hydrogen-bond donors (Lipinski definition) is 0. The van der Waals surface area contributed by atoms with E-state index in [-0.39, 0.29) is 0 Å². The van der Waals surface area contributed by atoms with E-state index in [0.717, 1.165) is 38.7 Å². The summed E-state index contributed by atoms with van der Waals surface area (Å²) >= 11 is 1.71. The summed E-state index contributed by atoms with van der Waals surface area (Å²) in [7, 11) is 3.30. The Morgan fingerprint density at radius 2 is 1.48 bits per heavy atom. The Kier molecular flexibility index (Phi) is 4.12. The third-order valence-electron chi connectivity index (χ3n) is 4.12. The van der Waals surface area contributed by atoms with Crippen molar-refractivity contribution in [2.24, 2.45) is 0 Å². The van der Waals surface area contributed by atoms with Crippen molar-refractivity contribution in [1.82, 2.24) is 4.98 Å². The summed E-state index contributed by atoms with van der Waals surface area (Å²) < 4.78 is 11.9. The van der Waals surface area contributed by atoms with Gasteiger partial charge in [0.2, 0.25) is 0 Å². The van der Waals surface area contributed by atoms with Gasteiger partial charge in [-0.15, -0.1) is 11.3 Å². The Labute approximate surface area is 150 Å². The normalized spacial score (nSPS) is 10.8. The molecule has 0 fully saturated rings. The number of benzene rings is 3. The molecule has 0 unspecified atom stereocenters. The fourth-order valence-electron chi connectivity index (χ4n) is 2.84.